The van der Waals surface area contributed by atoms with Crippen LogP contribution in [0, 0.1) is 12.3 Å². The molecule has 0 unspecified atom stereocenters. The van der Waals surface area contributed by atoms with Crippen molar-refractivity contribution in [2.75, 3.05) is 19.4 Å². The van der Waals surface area contributed by atoms with Crippen LogP contribution in [0.4, 0.5) is 5.69 Å². The van der Waals surface area contributed by atoms with E-state index in [9.17, 15) is 23.1 Å². The first-order chi connectivity index (χ1) is 11.1. The summed E-state index contributed by atoms with van der Waals surface area (Å²) in [5.41, 5.74) is -0.0681. The largest absolute Gasteiger partial charge is 0.481 e. The molecule has 1 aliphatic carbocycles. The number of amides is 1. The average molecular weight is 354 g/mol. The number of hydrogen-bond donors (Lipinski definition) is 2. The minimum atomic E-state index is -3.62. The number of nitrogens with zero attached hydrogens (tertiary/aromatic N) is 1. The van der Waals surface area contributed by atoms with E-state index in [1.165, 1.54) is 20.2 Å². The summed E-state index contributed by atoms with van der Waals surface area (Å²) >= 11 is 0. The fourth-order valence-electron chi connectivity index (χ4n) is 2.73. The summed E-state index contributed by atoms with van der Waals surface area (Å²) in [5, 5.41) is 11.9. The Morgan fingerprint density at radius 1 is 1.29 bits per heavy atom. The summed E-state index contributed by atoms with van der Waals surface area (Å²) in [6, 6.07) is 4.62. The van der Waals surface area contributed by atoms with Crippen LogP contribution >= 0.6 is 0 Å². The zero-order valence-electron chi connectivity index (χ0n) is 14.0. The summed E-state index contributed by atoms with van der Waals surface area (Å²) < 4.78 is 25.7. The number of anilines is 1. The van der Waals surface area contributed by atoms with Crippen molar-refractivity contribution in [3.63, 3.8) is 0 Å². The van der Waals surface area contributed by atoms with Gasteiger partial charge >= 0.3 is 5.97 Å². The average Bonchev–Trinajstić information content (AvgIpc) is 2.44. The van der Waals surface area contributed by atoms with Gasteiger partial charge in [-0.25, -0.2) is 12.7 Å². The standard InChI is InChI=1S/C16H22N2O5S/c1-11-5-6-12(9-13(11)24(22,23)18(2)3)17-14(19)10-16(15(20)21)7-4-8-16/h5-6,9H,4,7-8,10H2,1-3H3,(H,17,19)(H,20,21). The lowest BCUT2D eigenvalue weighted by molar-refractivity contribution is -0.157. The van der Waals surface area contributed by atoms with Gasteiger partial charge in [-0.15, -0.1) is 0 Å². The molecule has 8 heteroatoms. The van der Waals surface area contributed by atoms with Crippen molar-refractivity contribution in [3.05, 3.63) is 23.8 Å². The summed E-state index contributed by atoms with van der Waals surface area (Å²) in [7, 11) is -0.745. The Morgan fingerprint density at radius 2 is 1.92 bits per heavy atom. The van der Waals surface area contributed by atoms with Gasteiger partial charge in [-0.05, 0) is 37.5 Å². The molecule has 0 aromatic heterocycles. The van der Waals surface area contributed by atoms with Gasteiger partial charge in [0, 0.05) is 26.2 Å². The molecule has 1 aromatic rings. The van der Waals surface area contributed by atoms with Crippen LogP contribution in [-0.4, -0.2) is 43.8 Å². The lowest BCUT2D eigenvalue weighted by Gasteiger charge is -2.36. The highest BCUT2D eigenvalue weighted by molar-refractivity contribution is 7.89. The van der Waals surface area contributed by atoms with Gasteiger partial charge in [-0.1, -0.05) is 12.5 Å². The molecule has 0 bridgehead atoms. The molecule has 0 spiro atoms. The molecule has 1 aliphatic rings. The molecular weight excluding hydrogens is 332 g/mol. The molecular formula is C16H22N2O5S. The number of carbonyl (C=O) groups is 2. The fourth-order valence-corrected chi connectivity index (χ4v) is 3.88. The van der Waals surface area contributed by atoms with E-state index in [-0.39, 0.29) is 11.3 Å². The number of benzene rings is 1. The van der Waals surface area contributed by atoms with Crippen molar-refractivity contribution < 1.29 is 23.1 Å². The second-order valence-corrected chi connectivity index (χ2v) is 8.55. The first-order valence-electron chi connectivity index (χ1n) is 7.65. The first kappa shape index (κ1) is 18.4. The van der Waals surface area contributed by atoms with Crippen LogP contribution in [0.1, 0.15) is 31.2 Å². The molecule has 0 radical (unpaired) electrons. The number of carboxylic acids is 1. The maximum atomic E-state index is 12.3. The van der Waals surface area contributed by atoms with E-state index in [0.29, 0.717) is 24.1 Å². The first-order valence-corrected chi connectivity index (χ1v) is 9.09. The van der Waals surface area contributed by atoms with Crippen molar-refractivity contribution in [1.82, 2.24) is 4.31 Å². The summed E-state index contributed by atoms with van der Waals surface area (Å²) in [6.07, 6.45) is 1.68. The molecule has 1 fully saturated rings. The number of carboxylic acid groups (broad SMARTS) is 1. The highest BCUT2D eigenvalue weighted by Crippen LogP contribution is 2.44. The molecule has 24 heavy (non-hydrogen) atoms. The quantitative estimate of drug-likeness (QED) is 0.811. The number of rotatable bonds is 6. The van der Waals surface area contributed by atoms with Crippen molar-refractivity contribution in [1.29, 1.82) is 0 Å². The van der Waals surface area contributed by atoms with E-state index in [1.807, 2.05) is 0 Å². The van der Waals surface area contributed by atoms with Crippen LogP contribution in [0.25, 0.3) is 0 Å². The summed E-state index contributed by atoms with van der Waals surface area (Å²) in [4.78, 5) is 23.6. The lowest BCUT2D eigenvalue weighted by Crippen LogP contribution is -2.41. The van der Waals surface area contributed by atoms with Crippen molar-refractivity contribution >= 4 is 27.6 Å². The lowest BCUT2D eigenvalue weighted by atomic mass is 9.66. The van der Waals surface area contributed by atoms with E-state index >= 15 is 0 Å². The molecule has 0 aliphatic heterocycles. The number of sulfonamides is 1. The van der Waals surface area contributed by atoms with E-state index in [2.05, 4.69) is 5.32 Å². The monoisotopic (exact) mass is 354 g/mol. The molecule has 0 atom stereocenters. The zero-order valence-corrected chi connectivity index (χ0v) is 14.8. The van der Waals surface area contributed by atoms with Gasteiger partial charge in [0.15, 0.2) is 0 Å². The normalized spacial score (nSPS) is 16.5. The third kappa shape index (κ3) is 3.44. The Hall–Kier alpha value is -1.93. The number of carbonyl (C=O) groups excluding carboxylic acids is 1. The van der Waals surface area contributed by atoms with Crippen LogP contribution in [0.5, 0.6) is 0 Å². The van der Waals surface area contributed by atoms with Gasteiger partial charge in [0.05, 0.1) is 10.3 Å². The summed E-state index contributed by atoms with van der Waals surface area (Å²) in [5.74, 6) is -1.38. The maximum Gasteiger partial charge on any atom is 0.310 e. The minimum absolute atomic E-state index is 0.105. The smallest absolute Gasteiger partial charge is 0.310 e. The van der Waals surface area contributed by atoms with Gasteiger partial charge in [-0.3, -0.25) is 9.59 Å². The number of aliphatic carboxylic acids is 1. The Labute approximate surface area is 141 Å². The molecule has 1 saturated carbocycles. The highest BCUT2D eigenvalue weighted by Gasteiger charge is 2.45. The molecule has 1 aromatic carbocycles. The SMILES string of the molecule is Cc1ccc(NC(=O)CC2(C(=O)O)CCC2)cc1S(=O)(=O)N(C)C. The zero-order chi connectivity index (χ0) is 18.1. The van der Waals surface area contributed by atoms with E-state index < -0.39 is 27.3 Å². The maximum absolute atomic E-state index is 12.3. The predicted molar refractivity (Wildman–Crippen MR) is 89.2 cm³/mol. The van der Waals surface area contributed by atoms with Gasteiger partial charge in [0.1, 0.15) is 0 Å². The van der Waals surface area contributed by atoms with E-state index in [4.69, 9.17) is 0 Å². The molecule has 2 N–H and O–H groups in total. The predicted octanol–water partition coefficient (Wildman–Crippen LogP) is 1.83. The van der Waals surface area contributed by atoms with Crippen LogP contribution in [0.15, 0.2) is 23.1 Å². The molecule has 132 valence electrons. The van der Waals surface area contributed by atoms with Crippen LogP contribution in [0.2, 0.25) is 0 Å². The van der Waals surface area contributed by atoms with E-state index in [1.54, 1.807) is 19.1 Å². The number of nitrogens with one attached hydrogen (secondary N) is 1. The van der Waals surface area contributed by atoms with Crippen molar-refractivity contribution in [2.45, 2.75) is 37.5 Å². The third-order valence-corrected chi connectivity index (χ3v) is 6.45. The minimum Gasteiger partial charge on any atom is -0.481 e. The molecule has 7 nitrogen and oxygen atoms in total. The second kappa shape index (κ2) is 6.52. The van der Waals surface area contributed by atoms with Crippen LogP contribution in [0.3, 0.4) is 0 Å². The molecule has 2 rings (SSSR count). The van der Waals surface area contributed by atoms with E-state index in [0.717, 1.165) is 10.7 Å². The second-order valence-electron chi connectivity index (χ2n) is 6.43. The van der Waals surface area contributed by atoms with Gasteiger partial charge in [-0.2, -0.15) is 0 Å². The van der Waals surface area contributed by atoms with Gasteiger partial charge < -0.3 is 10.4 Å². The van der Waals surface area contributed by atoms with Crippen LogP contribution < -0.4 is 5.32 Å². The molecule has 0 saturated heterocycles. The fraction of sp³-hybridized carbons (Fsp3) is 0.500. The van der Waals surface area contributed by atoms with Crippen molar-refractivity contribution in [3.8, 4) is 0 Å². The third-order valence-electron chi connectivity index (χ3n) is 4.49. The van der Waals surface area contributed by atoms with Gasteiger partial charge in [0.2, 0.25) is 15.9 Å². The number of hydrogen-bond acceptors (Lipinski definition) is 4. The topological polar surface area (TPSA) is 104 Å². The Balaban J connectivity index is 2.19. The molecule has 0 heterocycles. The Bertz CT molecular complexity index is 767. The van der Waals surface area contributed by atoms with Crippen molar-refractivity contribution in [2.24, 2.45) is 5.41 Å². The number of aryl methyl sites for hydroxylation is 1. The Kier molecular flexibility index (Phi) is 5.00. The Morgan fingerprint density at radius 3 is 2.38 bits per heavy atom. The van der Waals surface area contributed by atoms with Crippen LogP contribution in [-0.2, 0) is 19.6 Å². The summed E-state index contributed by atoms with van der Waals surface area (Å²) in [6.45, 7) is 1.68. The highest BCUT2D eigenvalue weighted by atomic mass is 32.2. The molecule has 1 amide bonds. The van der Waals surface area contributed by atoms with Gasteiger partial charge in [0.25, 0.3) is 0 Å².